The first kappa shape index (κ1) is 12.1. The molecule has 0 aromatic rings. The molecule has 0 aromatic carbocycles. The molecule has 0 radical (unpaired) electrons. The van der Waals surface area contributed by atoms with Crippen LogP contribution in [0.2, 0.25) is 0 Å². The molecule has 3 N–H and O–H groups in total. The minimum absolute atomic E-state index is 0.180. The topological polar surface area (TPSA) is 55.1 Å². The van der Waals surface area contributed by atoms with E-state index in [1.807, 2.05) is 6.92 Å². The highest BCUT2D eigenvalue weighted by atomic mass is 16.1. The number of rotatable bonds is 3. The van der Waals surface area contributed by atoms with Gasteiger partial charge in [-0.25, -0.2) is 0 Å². The number of nitrogens with one attached hydrogen (secondary N) is 1. The highest BCUT2D eigenvalue weighted by Gasteiger charge is 2.23. The predicted molar refractivity (Wildman–Crippen MR) is 61.0 cm³/mol. The molecule has 0 aliphatic heterocycles. The van der Waals surface area contributed by atoms with Gasteiger partial charge in [-0.1, -0.05) is 0 Å². The number of hydrogen-bond acceptors (Lipinski definition) is 2. The molecular formula is C12H20N2O. The Bertz CT molecular complexity index is 257. The van der Waals surface area contributed by atoms with E-state index >= 15 is 0 Å². The quantitative estimate of drug-likeness (QED) is 0.537. The van der Waals surface area contributed by atoms with Gasteiger partial charge in [0.1, 0.15) is 0 Å². The molecule has 0 spiro atoms. The van der Waals surface area contributed by atoms with Crippen LogP contribution >= 0.6 is 0 Å². The molecule has 1 saturated carbocycles. The summed E-state index contributed by atoms with van der Waals surface area (Å²) in [6, 6.07) is 0.306. The predicted octanol–water partition coefficient (Wildman–Crippen LogP) is 1.03. The molecule has 0 heterocycles. The third kappa shape index (κ3) is 4.35. The van der Waals surface area contributed by atoms with Crippen molar-refractivity contribution in [2.24, 2.45) is 11.7 Å². The Morgan fingerprint density at radius 1 is 1.40 bits per heavy atom. The van der Waals surface area contributed by atoms with Crippen molar-refractivity contribution in [1.82, 2.24) is 5.32 Å². The highest BCUT2D eigenvalue weighted by molar-refractivity contribution is 5.78. The average molecular weight is 208 g/mol. The standard InChI is InChI=1S/C12H20N2O/c1-2-3-4-9-14-12(15)10-5-7-11(13)8-6-10/h10-11H,4-9,13H2,1H3,(H,14,15). The average Bonchev–Trinajstić information content (AvgIpc) is 2.25. The van der Waals surface area contributed by atoms with Gasteiger partial charge in [-0.05, 0) is 32.6 Å². The minimum atomic E-state index is 0.180. The van der Waals surface area contributed by atoms with Gasteiger partial charge in [-0.15, -0.1) is 11.8 Å². The third-order valence-electron chi connectivity index (χ3n) is 2.87. The normalized spacial score (nSPS) is 25.2. The fourth-order valence-corrected chi connectivity index (χ4v) is 1.90. The van der Waals surface area contributed by atoms with Crippen LogP contribution in [0.5, 0.6) is 0 Å². The van der Waals surface area contributed by atoms with E-state index in [9.17, 15) is 4.79 Å². The summed E-state index contributed by atoms with van der Waals surface area (Å²) in [6.45, 7) is 2.48. The Balaban J connectivity index is 2.18. The highest BCUT2D eigenvalue weighted by Crippen LogP contribution is 2.22. The molecule has 1 fully saturated rings. The van der Waals surface area contributed by atoms with Crippen LogP contribution in [0, 0.1) is 17.8 Å². The zero-order valence-electron chi connectivity index (χ0n) is 9.38. The van der Waals surface area contributed by atoms with Crippen molar-refractivity contribution >= 4 is 5.91 Å². The molecule has 1 aliphatic rings. The van der Waals surface area contributed by atoms with E-state index in [0.717, 1.165) is 32.1 Å². The zero-order valence-corrected chi connectivity index (χ0v) is 9.38. The summed E-state index contributed by atoms with van der Waals surface area (Å²) in [6.07, 6.45) is 4.58. The van der Waals surface area contributed by atoms with E-state index in [1.165, 1.54) is 0 Å². The maximum absolute atomic E-state index is 11.7. The fraction of sp³-hybridized carbons (Fsp3) is 0.750. The van der Waals surface area contributed by atoms with Crippen molar-refractivity contribution in [3.8, 4) is 11.8 Å². The van der Waals surface area contributed by atoms with Crippen molar-refractivity contribution in [3.05, 3.63) is 0 Å². The first-order valence-corrected chi connectivity index (χ1v) is 5.67. The summed E-state index contributed by atoms with van der Waals surface area (Å²) in [4.78, 5) is 11.7. The van der Waals surface area contributed by atoms with Gasteiger partial charge in [-0.2, -0.15) is 0 Å². The number of amides is 1. The van der Waals surface area contributed by atoms with Crippen LogP contribution < -0.4 is 11.1 Å². The number of carbonyl (C=O) groups is 1. The van der Waals surface area contributed by atoms with Gasteiger partial charge in [0.05, 0.1) is 0 Å². The van der Waals surface area contributed by atoms with Gasteiger partial charge in [-0.3, -0.25) is 4.79 Å². The number of hydrogen-bond donors (Lipinski definition) is 2. The first-order valence-electron chi connectivity index (χ1n) is 5.67. The number of nitrogens with two attached hydrogens (primary N) is 1. The summed E-state index contributed by atoms with van der Waals surface area (Å²) in [5, 5.41) is 2.92. The summed E-state index contributed by atoms with van der Waals surface area (Å²) >= 11 is 0. The molecule has 0 bridgehead atoms. The maximum Gasteiger partial charge on any atom is 0.223 e. The largest absolute Gasteiger partial charge is 0.355 e. The van der Waals surface area contributed by atoms with Gasteiger partial charge >= 0.3 is 0 Å². The molecule has 1 aliphatic carbocycles. The zero-order chi connectivity index (χ0) is 11.1. The maximum atomic E-state index is 11.7. The van der Waals surface area contributed by atoms with Crippen LogP contribution in [-0.4, -0.2) is 18.5 Å². The minimum Gasteiger partial charge on any atom is -0.355 e. The Morgan fingerprint density at radius 3 is 2.67 bits per heavy atom. The van der Waals surface area contributed by atoms with Crippen LogP contribution in [0.4, 0.5) is 0 Å². The lowest BCUT2D eigenvalue weighted by atomic mass is 9.86. The fourth-order valence-electron chi connectivity index (χ4n) is 1.90. The molecule has 0 unspecified atom stereocenters. The lowest BCUT2D eigenvalue weighted by Crippen LogP contribution is -2.36. The molecular weight excluding hydrogens is 188 g/mol. The molecule has 1 rings (SSSR count). The summed E-state index contributed by atoms with van der Waals surface area (Å²) in [5.41, 5.74) is 5.79. The molecule has 0 atom stereocenters. The van der Waals surface area contributed by atoms with Crippen molar-refractivity contribution in [1.29, 1.82) is 0 Å². The molecule has 0 aromatic heterocycles. The Kier molecular flexibility index (Phi) is 5.20. The summed E-state index contributed by atoms with van der Waals surface area (Å²) < 4.78 is 0. The van der Waals surface area contributed by atoms with Gasteiger partial charge in [0.15, 0.2) is 0 Å². The van der Waals surface area contributed by atoms with E-state index in [2.05, 4.69) is 17.2 Å². The molecule has 3 nitrogen and oxygen atoms in total. The van der Waals surface area contributed by atoms with Crippen molar-refractivity contribution in [3.63, 3.8) is 0 Å². The molecule has 0 saturated heterocycles. The third-order valence-corrected chi connectivity index (χ3v) is 2.87. The van der Waals surface area contributed by atoms with Crippen LogP contribution in [0.25, 0.3) is 0 Å². The second kappa shape index (κ2) is 6.47. The Morgan fingerprint density at radius 2 is 2.07 bits per heavy atom. The van der Waals surface area contributed by atoms with Crippen molar-refractivity contribution in [2.75, 3.05) is 6.54 Å². The Labute approximate surface area is 91.8 Å². The first-order chi connectivity index (χ1) is 7.24. The van der Waals surface area contributed by atoms with Gasteiger partial charge in [0, 0.05) is 24.9 Å². The van der Waals surface area contributed by atoms with E-state index in [1.54, 1.807) is 0 Å². The van der Waals surface area contributed by atoms with E-state index < -0.39 is 0 Å². The lowest BCUT2D eigenvalue weighted by molar-refractivity contribution is -0.125. The molecule has 15 heavy (non-hydrogen) atoms. The van der Waals surface area contributed by atoms with Crippen LogP contribution in [0.1, 0.15) is 39.0 Å². The molecule has 1 amide bonds. The second-order valence-electron chi connectivity index (χ2n) is 4.08. The van der Waals surface area contributed by atoms with Crippen LogP contribution in [-0.2, 0) is 4.79 Å². The van der Waals surface area contributed by atoms with Crippen molar-refractivity contribution < 1.29 is 4.79 Å². The van der Waals surface area contributed by atoms with Gasteiger partial charge < -0.3 is 11.1 Å². The Hall–Kier alpha value is -1.01. The smallest absolute Gasteiger partial charge is 0.223 e. The monoisotopic (exact) mass is 208 g/mol. The van der Waals surface area contributed by atoms with Crippen LogP contribution in [0.15, 0.2) is 0 Å². The van der Waals surface area contributed by atoms with E-state index in [-0.39, 0.29) is 11.8 Å². The summed E-state index contributed by atoms with van der Waals surface area (Å²) in [7, 11) is 0. The van der Waals surface area contributed by atoms with Crippen LogP contribution in [0.3, 0.4) is 0 Å². The second-order valence-corrected chi connectivity index (χ2v) is 4.08. The van der Waals surface area contributed by atoms with E-state index in [4.69, 9.17) is 5.73 Å². The molecule has 3 heteroatoms. The van der Waals surface area contributed by atoms with Crippen molar-refractivity contribution in [2.45, 2.75) is 45.1 Å². The van der Waals surface area contributed by atoms with Gasteiger partial charge in [0.2, 0.25) is 5.91 Å². The molecule has 84 valence electrons. The lowest BCUT2D eigenvalue weighted by Gasteiger charge is -2.24. The summed E-state index contributed by atoms with van der Waals surface area (Å²) in [5.74, 6) is 6.10. The van der Waals surface area contributed by atoms with Gasteiger partial charge in [0.25, 0.3) is 0 Å². The SMILES string of the molecule is CC#CCCNC(=O)C1CCC(N)CC1. The number of carbonyl (C=O) groups excluding carboxylic acids is 1. The van der Waals surface area contributed by atoms with E-state index in [0.29, 0.717) is 12.6 Å².